The summed E-state index contributed by atoms with van der Waals surface area (Å²) >= 11 is 0. The van der Waals surface area contributed by atoms with Crippen LogP contribution in [0.3, 0.4) is 0 Å². The second kappa shape index (κ2) is 8.43. The highest BCUT2D eigenvalue weighted by molar-refractivity contribution is 6.10. The molecule has 1 aromatic carbocycles. The van der Waals surface area contributed by atoms with E-state index in [4.69, 9.17) is 9.73 Å². The number of piperidine rings is 1. The summed E-state index contributed by atoms with van der Waals surface area (Å²) in [4.78, 5) is 22.6. The van der Waals surface area contributed by atoms with Crippen LogP contribution >= 0.6 is 0 Å². The first-order valence-electron chi connectivity index (χ1n) is 14.4. The molecule has 0 radical (unpaired) electrons. The van der Waals surface area contributed by atoms with Crippen LogP contribution in [-0.2, 0) is 27.9 Å². The van der Waals surface area contributed by atoms with Crippen LogP contribution < -0.4 is 0 Å². The fourth-order valence-corrected chi connectivity index (χ4v) is 8.45. The van der Waals surface area contributed by atoms with E-state index in [1.54, 1.807) is 0 Å². The standard InChI is InChI=1S/C31H44N2O2/c1-19(2)28-20(3)6-11-27-32-31(29(34)33(27)28)26-17-22(7-9-23-16-21(23)4)8-10-24(26)18-30(31)14-12-25(35-5)13-15-30/h8,10,17,19-21,23,25,28H,6-7,9,11-16,18H2,1-5H3. The Kier molecular flexibility index (Phi) is 5.71. The molecular formula is C31H44N2O2. The van der Waals surface area contributed by atoms with Crippen molar-refractivity contribution in [2.75, 3.05) is 7.11 Å². The third kappa shape index (κ3) is 3.49. The van der Waals surface area contributed by atoms with E-state index >= 15 is 0 Å². The zero-order chi connectivity index (χ0) is 24.5. The van der Waals surface area contributed by atoms with Gasteiger partial charge in [-0.25, -0.2) is 0 Å². The number of benzene rings is 1. The molecule has 5 unspecified atom stereocenters. The highest BCUT2D eigenvalue weighted by Gasteiger charge is 2.67. The third-order valence-electron chi connectivity index (χ3n) is 10.7. The van der Waals surface area contributed by atoms with Gasteiger partial charge in [-0.15, -0.1) is 0 Å². The molecule has 1 amide bonds. The van der Waals surface area contributed by atoms with Crippen molar-refractivity contribution in [3.05, 3.63) is 34.9 Å². The molecule has 1 saturated heterocycles. The van der Waals surface area contributed by atoms with Gasteiger partial charge in [0, 0.05) is 25.0 Å². The summed E-state index contributed by atoms with van der Waals surface area (Å²) in [7, 11) is 1.84. The molecule has 2 heterocycles. The number of ether oxygens (including phenoxy) is 1. The van der Waals surface area contributed by atoms with Crippen molar-refractivity contribution in [1.82, 2.24) is 4.90 Å². The van der Waals surface area contributed by atoms with E-state index in [-0.39, 0.29) is 11.5 Å². The fourth-order valence-electron chi connectivity index (χ4n) is 8.45. The number of carbonyl (C=O) groups is 1. The largest absolute Gasteiger partial charge is 0.381 e. The van der Waals surface area contributed by atoms with Gasteiger partial charge < -0.3 is 4.74 Å². The lowest BCUT2D eigenvalue weighted by Gasteiger charge is -2.46. The molecule has 2 aliphatic heterocycles. The van der Waals surface area contributed by atoms with Gasteiger partial charge in [0.15, 0.2) is 5.54 Å². The Morgan fingerprint density at radius 3 is 2.54 bits per heavy atom. The number of carbonyl (C=O) groups excluding carboxylic acids is 1. The van der Waals surface area contributed by atoms with Crippen molar-refractivity contribution in [1.29, 1.82) is 0 Å². The molecule has 2 spiro atoms. The summed E-state index contributed by atoms with van der Waals surface area (Å²) in [5, 5.41) is 0. The van der Waals surface area contributed by atoms with Gasteiger partial charge in [-0.3, -0.25) is 14.7 Å². The number of methoxy groups -OCH3 is 1. The monoisotopic (exact) mass is 476 g/mol. The summed E-state index contributed by atoms with van der Waals surface area (Å²) in [6.45, 7) is 9.26. The van der Waals surface area contributed by atoms with E-state index in [2.05, 4.69) is 50.8 Å². The maximum atomic E-state index is 14.8. The van der Waals surface area contributed by atoms with Crippen molar-refractivity contribution >= 4 is 11.7 Å². The van der Waals surface area contributed by atoms with E-state index in [9.17, 15) is 4.79 Å². The zero-order valence-electron chi connectivity index (χ0n) is 22.5. The smallest absolute Gasteiger partial charge is 0.261 e. The average molecular weight is 477 g/mol. The van der Waals surface area contributed by atoms with Gasteiger partial charge >= 0.3 is 0 Å². The highest BCUT2D eigenvalue weighted by Crippen LogP contribution is 2.63. The minimum atomic E-state index is -0.726. The number of amidine groups is 1. The lowest BCUT2D eigenvalue weighted by Crippen LogP contribution is -2.57. The molecule has 0 aromatic heterocycles. The molecule has 35 heavy (non-hydrogen) atoms. The molecule has 0 N–H and O–H groups in total. The molecule has 2 saturated carbocycles. The molecular weight excluding hydrogens is 432 g/mol. The second-order valence-electron chi connectivity index (χ2n) is 13.1. The van der Waals surface area contributed by atoms with Crippen LogP contribution in [0.1, 0.15) is 95.8 Å². The second-order valence-corrected chi connectivity index (χ2v) is 13.1. The zero-order valence-corrected chi connectivity index (χ0v) is 22.5. The Hall–Kier alpha value is -1.68. The quantitative estimate of drug-likeness (QED) is 0.501. The number of fused-ring (bicyclic) bond motifs is 4. The molecule has 4 heteroatoms. The average Bonchev–Trinajstić information content (AvgIpc) is 3.39. The number of nitrogens with zero attached hydrogens (tertiary/aromatic N) is 2. The summed E-state index contributed by atoms with van der Waals surface area (Å²) in [5.74, 6) is 4.10. The molecule has 5 atom stereocenters. The van der Waals surface area contributed by atoms with Crippen LogP contribution in [-0.4, -0.2) is 35.9 Å². The van der Waals surface area contributed by atoms with Gasteiger partial charge in [0.1, 0.15) is 5.84 Å². The Morgan fingerprint density at radius 2 is 1.89 bits per heavy atom. The van der Waals surface area contributed by atoms with Gasteiger partial charge in [0.2, 0.25) is 0 Å². The molecule has 3 fully saturated rings. The number of amides is 1. The first-order valence-corrected chi connectivity index (χ1v) is 14.4. The number of hydrogen-bond donors (Lipinski definition) is 0. The molecule has 0 bridgehead atoms. The number of aryl methyl sites for hydroxylation is 1. The van der Waals surface area contributed by atoms with Crippen LogP contribution in [0.5, 0.6) is 0 Å². The maximum absolute atomic E-state index is 14.8. The highest BCUT2D eigenvalue weighted by atomic mass is 16.5. The van der Waals surface area contributed by atoms with Crippen LogP contribution in [0, 0.1) is 29.1 Å². The fraction of sp³-hybridized carbons (Fsp3) is 0.742. The van der Waals surface area contributed by atoms with Crippen LogP contribution in [0.4, 0.5) is 0 Å². The SMILES string of the molecule is COC1CCC2(CC1)Cc1ccc(CCC3CC3C)cc1C21N=C2CCC(C)C(C(C)C)N2C1=O. The van der Waals surface area contributed by atoms with Gasteiger partial charge in [0.25, 0.3) is 5.91 Å². The minimum Gasteiger partial charge on any atom is -0.381 e. The van der Waals surface area contributed by atoms with Crippen molar-refractivity contribution in [3.63, 3.8) is 0 Å². The predicted octanol–water partition coefficient (Wildman–Crippen LogP) is 6.30. The van der Waals surface area contributed by atoms with Crippen molar-refractivity contribution in [2.45, 2.75) is 110 Å². The van der Waals surface area contributed by atoms with Crippen molar-refractivity contribution in [3.8, 4) is 0 Å². The Balaban J connectivity index is 1.43. The molecule has 6 rings (SSSR count). The van der Waals surface area contributed by atoms with Crippen LogP contribution in [0.15, 0.2) is 23.2 Å². The van der Waals surface area contributed by atoms with Crippen molar-refractivity contribution in [2.24, 2.45) is 34.1 Å². The van der Waals surface area contributed by atoms with E-state index in [0.717, 1.165) is 69.0 Å². The Labute approximate surface area is 211 Å². The Bertz CT molecular complexity index is 1040. The molecule has 5 aliphatic rings. The lowest BCUT2D eigenvalue weighted by atomic mass is 9.61. The van der Waals surface area contributed by atoms with Gasteiger partial charge in [-0.1, -0.05) is 45.9 Å². The first-order chi connectivity index (χ1) is 16.8. The summed E-state index contributed by atoms with van der Waals surface area (Å²) in [6.07, 6.45) is 11.2. The minimum absolute atomic E-state index is 0.111. The summed E-state index contributed by atoms with van der Waals surface area (Å²) in [5.41, 5.74) is 3.18. The van der Waals surface area contributed by atoms with Gasteiger partial charge in [-0.05, 0) is 98.1 Å². The molecule has 190 valence electrons. The van der Waals surface area contributed by atoms with E-state index in [1.165, 1.54) is 29.5 Å². The van der Waals surface area contributed by atoms with E-state index in [1.807, 2.05) is 7.11 Å². The molecule has 3 aliphatic carbocycles. The molecule has 4 nitrogen and oxygen atoms in total. The van der Waals surface area contributed by atoms with Crippen molar-refractivity contribution < 1.29 is 9.53 Å². The van der Waals surface area contributed by atoms with Crippen LogP contribution in [0.2, 0.25) is 0 Å². The Morgan fingerprint density at radius 1 is 1.14 bits per heavy atom. The first kappa shape index (κ1) is 23.7. The number of aliphatic imine (C=N–C) groups is 1. The number of rotatable bonds is 5. The van der Waals surface area contributed by atoms with Gasteiger partial charge in [-0.2, -0.15) is 0 Å². The topological polar surface area (TPSA) is 41.9 Å². The van der Waals surface area contributed by atoms with Gasteiger partial charge in [0.05, 0.1) is 6.10 Å². The third-order valence-corrected chi connectivity index (χ3v) is 10.7. The van der Waals surface area contributed by atoms with E-state index < -0.39 is 5.54 Å². The predicted molar refractivity (Wildman–Crippen MR) is 140 cm³/mol. The molecule has 1 aromatic rings. The summed E-state index contributed by atoms with van der Waals surface area (Å²) in [6, 6.07) is 7.37. The normalized spacial score (nSPS) is 39.9. The van der Waals surface area contributed by atoms with E-state index in [0.29, 0.717) is 23.8 Å². The van der Waals surface area contributed by atoms with Crippen LogP contribution in [0.25, 0.3) is 0 Å². The number of hydrogen-bond acceptors (Lipinski definition) is 3. The summed E-state index contributed by atoms with van der Waals surface area (Å²) < 4.78 is 5.76. The maximum Gasteiger partial charge on any atom is 0.261 e. The lowest BCUT2D eigenvalue weighted by molar-refractivity contribution is -0.141.